The van der Waals surface area contributed by atoms with Crippen molar-refractivity contribution in [3.63, 3.8) is 0 Å². The lowest BCUT2D eigenvalue weighted by molar-refractivity contribution is -0.142. The van der Waals surface area contributed by atoms with Crippen LogP contribution in [0.5, 0.6) is 0 Å². The molecule has 1 unspecified atom stereocenters. The average molecular weight is 345 g/mol. The Balaban J connectivity index is 2.03. The number of carboxylic acids is 1. The molecule has 25 heavy (non-hydrogen) atoms. The number of carbonyl (C=O) groups excluding carboxylic acids is 2. The number of amides is 2. The van der Waals surface area contributed by atoms with Gasteiger partial charge in [0.15, 0.2) is 0 Å². The molecule has 132 valence electrons. The first-order chi connectivity index (χ1) is 11.8. The van der Waals surface area contributed by atoms with Gasteiger partial charge in [-0.2, -0.15) is 0 Å². The molecule has 1 aromatic heterocycles. The highest BCUT2D eigenvalue weighted by molar-refractivity contribution is 5.98. The maximum atomic E-state index is 12.3. The van der Waals surface area contributed by atoms with E-state index in [-0.39, 0.29) is 18.7 Å². The number of para-hydroxylation sites is 1. The van der Waals surface area contributed by atoms with Crippen LogP contribution in [0.4, 0.5) is 0 Å². The smallest absolute Gasteiger partial charge is 0.308 e. The SMILES string of the molecule is CC(CN(C)C(=O)CNC(=O)c1c[nH]c2ccccc2c1=O)C(=O)O. The normalized spacial score (nSPS) is 11.8. The second kappa shape index (κ2) is 7.61. The topological polar surface area (TPSA) is 120 Å². The molecule has 0 aliphatic rings. The van der Waals surface area contributed by atoms with Crippen molar-refractivity contribution in [3.05, 3.63) is 46.2 Å². The largest absolute Gasteiger partial charge is 0.481 e. The van der Waals surface area contributed by atoms with Gasteiger partial charge in [0.1, 0.15) is 5.56 Å². The number of fused-ring (bicyclic) bond motifs is 1. The van der Waals surface area contributed by atoms with E-state index >= 15 is 0 Å². The number of nitrogens with zero attached hydrogens (tertiary/aromatic N) is 1. The van der Waals surface area contributed by atoms with E-state index in [9.17, 15) is 19.2 Å². The average Bonchev–Trinajstić information content (AvgIpc) is 2.59. The summed E-state index contributed by atoms with van der Waals surface area (Å²) in [5, 5.41) is 11.6. The first kappa shape index (κ1) is 18.2. The van der Waals surface area contributed by atoms with E-state index in [1.165, 1.54) is 25.1 Å². The minimum Gasteiger partial charge on any atom is -0.481 e. The van der Waals surface area contributed by atoms with Crippen LogP contribution < -0.4 is 10.7 Å². The Hall–Kier alpha value is -3.16. The lowest BCUT2D eigenvalue weighted by atomic mass is 10.1. The van der Waals surface area contributed by atoms with Crippen molar-refractivity contribution in [2.75, 3.05) is 20.1 Å². The van der Waals surface area contributed by atoms with Gasteiger partial charge in [-0.15, -0.1) is 0 Å². The molecule has 8 heteroatoms. The van der Waals surface area contributed by atoms with Crippen LogP contribution in [0.1, 0.15) is 17.3 Å². The van der Waals surface area contributed by atoms with Gasteiger partial charge in [-0.1, -0.05) is 19.1 Å². The van der Waals surface area contributed by atoms with Crippen LogP contribution in [0.2, 0.25) is 0 Å². The summed E-state index contributed by atoms with van der Waals surface area (Å²) in [6, 6.07) is 6.80. The number of aromatic nitrogens is 1. The van der Waals surface area contributed by atoms with E-state index in [1.807, 2.05) is 0 Å². The van der Waals surface area contributed by atoms with Gasteiger partial charge in [-0.3, -0.25) is 19.2 Å². The molecule has 0 radical (unpaired) electrons. The summed E-state index contributed by atoms with van der Waals surface area (Å²) in [4.78, 5) is 51.4. The van der Waals surface area contributed by atoms with Crippen LogP contribution >= 0.6 is 0 Å². The zero-order valence-electron chi connectivity index (χ0n) is 13.9. The minimum absolute atomic E-state index is 0.0284. The second-order valence-corrected chi connectivity index (χ2v) is 5.77. The number of likely N-dealkylation sites (N-methyl/N-ethyl adjacent to an activating group) is 1. The number of nitrogens with one attached hydrogen (secondary N) is 2. The van der Waals surface area contributed by atoms with Crippen molar-refractivity contribution >= 4 is 28.7 Å². The predicted octanol–water partition coefficient (Wildman–Crippen LogP) is 0.437. The lowest BCUT2D eigenvalue weighted by Crippen LogP contribution is -2.41. The summed E-state index contributed by atoms with van der Waals surface area (Å²) in [7, 11) is 1.46. The third-order valence-corrected chi connectivity index (χ3v) is 3.83. The maximum Gasteiger partial charge on any atom is 0.308 e. The molecule has 1 heterocycles. The van der Waals surface area contributed by atoms with Gasteiger partial charge < -0.3 is 20.3 Å². The second-order valence-electron chi connectivity index (χ2n) is 5.77. The number of rotatable bonds is 6. The molecular formula is C17H19N3O5. The van der Waals surface area contributed by atoms with Gasteiger partial charge in [0, 0.05) is 30.7 Å². The Bertz CT molecular complexity index is 874. The number of hydrogen-bond donors (Lipinski definition) is 3. The highest BCUT2D eigenvalue weighted by atomic mass is 16.4. The van der Waals surface area contributed by atoms with Crippen LogP contribution in [-0.2, 0) is 9.59 Å². The van der Waals surface area contributed by atoms with Crippen molar-refractivity contribution in [2.24, 2.45) is 5.92 Å². The van der Waals surface area contributed by atoms with Crippen LogP contribution in [0.15, 0.2) is 35.3 Å². The highest BCUT2D eigenvalue weighted by Gasteiger charge is 2.19. The minimum atomic E-state index is -1.01. The van der Waals surface area contributed by atoms with E-state index in [1.54, 1.807) is 24.3 Å². The Morgan fingerprint density at radius 3 is 2.64 bits per heavy atom. The quantitative estimate of drug-likeness (QED) is 0.702. The number of aliphatic carboxylic acids is 1. The number of aromatic amines is 1. The van der Waals surface area contributed by atoms with E-state index < -0.39 is 29.1 Å². The monoisotopic (exact) mass is 345 g/mol. The maximum absolute atomic E-state index is 12.3. The molecule has 0 saturated carbocycles. The number of hydrogen-bond acceptors (Lipinski definition) is 4. The predicted molar refractivity (Wildman–Crippen MR) is 91.3 cm³/mol. The highest BCUT2D eigenvalue weighted by Crippen LogP contribution is 2.07. The molecule has 0 aliphatic heterocycles. The summed E-state index contributed by atoms with van der Waals surface area (Å²) >= 11 is 0. The number of carbonyl (C=O) groups is 3. The molecule has 0 saturated heterocycles. The van der Waals surface area contributed by atoms with Crippen molar-refractivity contribution < 1.29 is 19.5 Å². The van der Waals surface area contributed by atoms with Crippen molar-refractivity contribution in [2.45, 2.75) is 6.92 Å². The van der Waals surface area contributed by atoms with Gasteiger partial charge in [0.2, 0.25) is 11.3 Å². The summed E-state index contributed by atoms with van der Waals surface area (Å²) < 4.78 is 0. The van der Waals surface area contributed by atoms with Crippen LogP contribution in [0.25, 0.3) is 10.9 Å². The van der Waals surface area contributed by atoms with E-state index in [4.69, 9.17) is 5.11 Å². The molecule has 0 spiro atoms. The number of pyridine rings is 1. The van der Waals surface area contributed by atoms with E-state index in [0.29, 0.717) is 10.9 Å². The molecule has 3 N–H and O–H groups in total. The number of H-pyrrole nitrogens is 1. The first-order valence-corrected chi connectivity index (χ1v) is 7.66. The molecule has 2 aromatic rings. The lowest BCUT2D eigenvalue weighted by Gasteiger charge is -2.19. The molecule has 0 bridgehead atoms. The fourth-order valence-electron chi connectivity index (χ4n) is 2.31. The Morgan fingerprint density at radius 2 is 1.96 bits per heavy atom. The van der Waals surface area contributed by atoms with E-state index in [0.717, 1.165) is 0 Å². The molecule has 8 nitrogen and oxygen atoms in total. The molecule has 1 atom stereocenters. The first-order valence-electron chi connectivity index (χ1n) is 7.66. The zero-order valence-corrected chi connectivity index (χ0v) is 13.9. The number of carboxylic acid groups (broad SMARTS) is 1. The summed E-state index contributed by atoms with van der Waals surface area (Å²) in [6.07, 6.45) is 1.31. The standard InChI is InChI=1S/C17H19N3O5/c1-10(17(24)25)9-20(2)14(21)8-19-16(23)12-7-18-13-6-4-3-5-11(13)15(12)22/h3-7,10H,8-9H2,1-2H3,(H,18,22)(H,19,23)(H,24,25). The molecular weight excluding hydrogens is 326 g/mol. The molecule has 2 amide bonds. The Morgan fingerprint density at radius 1 is 1.28 bits per heavy atom. The van der Waals surface area contributed by atoms with Crippen LogP contribution in [0.3, 0.4) is 0 Å². The van der Waals surface area contributed by atoms with Gasteiger partial charge >= 0.3 is 5.97 Å². The van der Waals surface area contributed by atoms with Crippen molar-refractivity contribution in [1.82, 2.24) is 15.2 Å². The van der Waals surface area contributed by atoms with Crippen LogP contribution in [0, 0.1) is 5.92 Å². The fraction of sp³-hybridized carbons (Fsp3) is 0.294. The Kier molecular flexibility index (Phi) is 5.53. The van der Waals surface area contributed by atoms with Gasteiger partial charge in [-0.05, 0) is 12.1 Å². The Labute approximate surface area is 143 Å². The fourth-order valence-corrected chi connectivity index (χ4v) is 2.31. The third-order valence-electron chi connectivity index (χ3n) is 3.83. The molecule has 0 fully saturated rings. The zero-order chi connectivity index (χ0) is 18.6. The van der Waals surface area contributed by atoms with Gasteiger partial charge in [0.05, 0.1) is 12.5 Å². The number of benzene rings is 1. The summed E-state index contributed by atoms with van der Waals surface area (Å²) in [5.74, 6) is -2.84. The third kappa shape index (κ3) is 4.23. The van der Waals surface area contributed by atoms with Crippen molar-refractivity contribution in [3.8, 4) is 0 Å². The summed E-state index contributed by atoms with van der Waals surface area (Å²) in [5.41, 5.74) is 0.0997. The summed E-state index contributed by atoms with van der Waals surface area (Å²) in [6.45, 7) is 1.19. The molecule has 1 aromatic carbocycles. The van der Waals surface area contributed by atoms with Crippen LogP contribution in [-0.4, -0.2) is 52.9 Å². The van der Waals surface area contributed by atoms with Crippen molar-refractivity contribution in [1.29, 1.82) is 0 Å². The molecule has 0 aliphatic carbocycles. The molecule has 2 rings (SSSR count). The van der Waals surface area contributed by atoms with E-state index in [2.05, 4.69) is 10.3 Å². The van der Waals surface area contributed by atoms with Gasteiger partial charge in [-0.25, -0.2) is 0 Å². The van der Waals surface area contributed by atoms with Gasteiger partial charge in [0.25, 0.3) is 5.91 Å².